The Kier molecular flexibility index (Phi) is 3.94. The van der Waals surface area contributed by atoms with Gasteiger partial charge in [-0.05, 0) is 37.3 Å². The molecule has 1 saturated carbocycles. The van der Waals surface area contributed by atoms with Crippen molar-refractivity contribution >= 4 is 22.7 Å². The predicted molar refractivity (Wildman–Crippen MR) is 96.1 cm³/mol. The molecule has 1 aromatic heterocycles. The molecule has 2 N–H and O–H groups in total. The van der Waals surface area contributed by atoms with Crippen LogP contribution in [0.1, 0.15) is 48.2 Å². The molecule has 25 heavy (non-hydrogen) atoms. The number of primary amides is 1. The molecule has 1 saturated heterocycles. The summed E-state index contributed by atoms with van der Waals surface area (Å²) in [5.41, 5.74) is 7.79. The maximum atomic E-state index is 12.4. The van der Waals surface area contributed by atoms with Gasteiger partial charge in [0.05, 0.1) is 16.8 Å². The van der Waals surface area contributed by atoms with Gasteiger partial charge in [0.15, 0.2) is 0 Å². The van der Waals surface area contributed by atoms with Gasteiger partial charge < -0.3 is 10.6 Å². The minimum absolute atomic E-state index is 0.174. The third-order valence-electron chi connectivity index (χ3n) is 5.64. The van der Waals surface area contributed by atoms with Crippen LogP contribution in [0.5, 0.6) is 0 Å². The van der Waals surface area contributed by atoms with Crippen LogP contribution in [0, 0.1) is 11.8 Å². The van der Waals surface area contributed by atoms with Gasteiger partial charge in [0.1, 0.15) is 0 Å². The largest absolute Gasteiger partial charge is 0.366 e. The van der Waals surface area contributed by atoms with E-state index in [-0.39, 0.29) is 11.8 Å². The molecule has 0 radical (unpaired) electrons. The lowest BCUT2D eigenvalue weighted by Gasteiger charge is -2.32. The van der Waals surface area contributed by atoms with Crippen LogP contribution in [-0.4, -0.2) is 34.8 Å². The number of nitrogens with zero attached hydrogens (tertiary/aromatic N) is 2. The highest BCUT2D eigenvalue weighted by Crippen LogP contribution is 2.40. The van der Waals surface area contributed by atoms with E-state index in [4.69, 9.17) is 10.7 Å². The van der Waals surface area contributed by atoms with Crippen molar-refractivity contribution in [2.45, 2.75) is 32.1 Å². The first-order chi connectivity index (χ1) is 12.0. The van der Waals surface area contributed by atoms with Gasteiger partial charge >= 0.3 is 0 Å². The summed E-state index contributed by atoms with van der Waals surface area (Å²) < 4.78 is 0. The van der Waals surface area contributed by atoms with Crippen molar-refractivity contribution < 1.29 is 9.59 Å². The number of hydrogen-bond acceptors (Lipinski definition) is 3. The first-order valence-electron chi connectivity index (χ1n) is 9.03. The highest BCUT2D eigenvalue weighted by molar-refractivity contribution is 5.97. The summed E-state index contributed by atoms with van der Waals surface area (Å²) in [4.78, 5) is 31.1. The van der Waals surface area contributed by atoms with E-state index < -0.39 is 5.91 Å². The molecule has 2 aliphatic rings. The summed E-state index contributed by atoms with van der Waals surface area (Å²) in [5.74, 6) is 0.809. The Morgan fingerprint density at radius 3 is 2.52 bits per heavy atom. The minimum atomic E-state index is -0.432. The summed E-state index contributed by atoms with van der Waals surface area (Å²) in [5, 5.41) is 0.926. The van der Waals surface area contributed by atoms with Gasteiger partial charge in [0.25, 0.3) is 5.91 Å². The zero-order chi connectivity index (χ0) is 17.6. The fourth-order valence-corrected chi connectivity index (χ4v) is 3.91. The van der Waals surface area contributed by atoms with Crippen molar-refractivity contribution in [3.63, 3.8) is 0 Å². The molecule has 4 rings (SSSR count). The first kappa shape index (κ1) is 16.1. The number of likely N-dealkylation sites (tertiary alicyclic amines) is 1. The van der Waals surface area contributed by atoms with Crippen molar-refractivity contribution in [3.05, 3.63) is 41.6 Å². The Morgan fingerprint density at radius 1 is 1.20 bits per heavy atom. The Hall–Kier alpha value is -2.43. The van der Waals surface area contributed by atoms with Crippen LogP contribution in [0.2, 0.25) is 0 Å². The molecule has 2 atom stereocenters. The highest BCUT2D eigenvalue weighted by atomic mass is 16.2. The van der Waals surface area contributed by atoms with Crippen LogP contribution in [0.25, 0.3) is 10.9 Å². The van der Waals surface area contributed by atoms with Crippen molar-refractivity contribution in [2.75, 3.05) is 13.1 Å². The fourth-order valence-electron chi connectivity index (χ4n) is 3.91. The van der Waals surface area contributed by atoms with Crippen LogP contribution in [0.15, 0.2) is 30.3 Å². The number of carbonyl (C=O) groups is 2. The third-order valence-corrected chi connectivity index (χ3v) is 5.64. The number of hydrogen-bond donors (Lipinski definition) is 1. The number of aromatic nitrogens is 1. The van der Waals surface area contributed by atoms with Gasteiger partial charge in [0.2, 0.25) is 5.91 Å². The summed E-state index contributed by atoms with van der Waals surface area (Å²) in [7, 11) is 0. The molecular formula is C20H23N3O2. The van der Waals surface area contributed by atoms with Crippen LogP contribution in [0.4, 0.5) is 0 Å². The molecule has 1 aliphatic carbocycles. The van der Waals surface area contributed by atoms with Gasteiger partial charge in [-0.15, -0.1) is 0 Å². The van der Waals surface area contributed by atoms with Crippen molar-refractivity contribution in [1.29, 1.82) is 0 Å². The molecule has 2 fully saturated rings. The number of piperidine rings is 1. The number of para-hydroxylation sites is 1. The van der Waals surface area contributed by atoms with Crippen molar-refractivity contribution in [2.24, 2.45) is 17.6 Å². The second-order valence-corrected chi connectivity index (χ2v) is 7.40. The zero-order valence-electron chi connectivity index (χ0n) is 14.4. The zero-order valence-corrected chi connectivity index (χ0v) is 14.4. The number of carbonyl (C=O) groups excluding carboxylic acids is 2. The summed E-state index contributed by atoms with van der Waals surface area (Å²) in [6, 6.07) is 9.62. The van der Waals surface area contributed by atoms with Gasteiger partial charge in [-0.1, -0.05) is 25.1 Å². The topological polar surface area (TPSA) is 76.3 Å². The molecule has 0 unspecified atom stereocenters. The molecule has 130 valence electrons. The average Bonchev–Trinajstić information content (AvgIpc) is 3.36. The van der Waals surface area contributed by atoms with Gasteiger partial charge in [-0.2, -0.15) is 0 Å². The minimum Gasteiger partial charge on any atom is -0.366 e. The number of fused-ring (bicyclic) bond motifs is 1. The van der Waals surface area contributed by atoms with E-state index in [1.54, 1.807) is 0 Å². The van der Waals surface area contributed by atoms with E-state index in [9.17, 15) is 9.59 Å². The van der Waals surface area contributed by atoms with E-state index in [0.29, 0.717) is 17.4 Å². The lowest BCUT2D eigenvalue weighted by atomic mass is 9.89. The van der Waals surface area contributed by atoms with E-state index in [1.165, 1.54) is 0 Å². The second-order valence-electron chi connectivity index (χ2n) is 7.40. The van der Waals surface area contributed by atoms with E-state index in [0.717, 1.165) is 48.9 Å². The Labute approximate surface area is 147 Å². The van der Waals surface area contributed by atoms with Gasteiger partial charge in [-0.25, -0.2) is 0 Å². The molecular weight excluding hydrogens is 314 g/mol. The molecule has 0 spiro atoms. The van der Waals surface area contributed by atoms with Crippen molar-refractivity contribution in [3.8, 4) is 0 Å². The SMILES string of the molecule is C[C@@H]1C[C@H]1C(=O)N1CCC(c2nc3ccccc3cc2C(N)=O)CC1. The Bertz CT molecular complexity index is 840. The molecule has 1 aromatic carbocycles. The maximum absolute atomic E-state index is 12.4. The second kappa shape index (κ2) is 6.14. The number of nitrogens with two attached hydrogens (primary N) is 1. The van der Waals surface area contributed by atoms with Crippen molar-refractivity contribution in [1.82, 2.24) is 9.88 Å². The standard InChI is InChI=1S/C20H23N3O2/c1-12-10-15(12)20(25)23-8-6-13(7-9-23)18-16(19(21)24)11-14-4-2-3-5-17(14)22-18/h2-5,11-13,15H,6-10H2,1H3,(H2,21,24)/t12-,15-/m1/s1. The van der Waals surface area contributed by atoms with Crippen LogP contribution >= 0.6 is 0 Å². The first-order valence-corrected chi connectivity index (χ1v) is 9.03. The quantitative estimate of drug-likeness (QED) is 0.935. The van der Waals surface area contributed by atoms with E-state index in [1.807, 2.05) is 35.2 Å². The van der Waals surface area contributed by atoms with E-state index >= 15 is 0 Å². The smallest absolute Gasteiger partial charge is 0.250 e. The molecule has 1 aliphatic heterocycles. The summed E-state index contributed by atoms with van der Waals surface area (Å²) in [6.45, 7) is 3.60. The Morgan fingerprint density at radius 2 is 1.88 bits per heavy atom. The molecule has 2 amide bonds. The monoisotopic (exact) mass is 337 g/mol. The average molecular weight is 337 g/mol. The van der Waals surface area contributed by atoms with Gasteiger partial charge in [0, 0.05) is 30.3 Å². The van der Waals surface area contributed by atoms with E-state index in [2.05, 4.69) is 6.92 Å². The number of benzene rings is 1. The molecule has 2 aromatic rings. The predicted octanol–water partition coefficient (Wildman–Crippen LogP) is 2.70. The highest BCUT2D eigenvalue weighted by Gasteiger charge is 2.42. The normalized spacial score (nSPS) is 23.6. The van der Waals surface area contributed by atoms with Gasteiger partial charge in [-0.3, -0.25) is 14.6 Å². The van der Waals surface area contributed by atoms with Crippen LogP contribution in [0.3, 0.4) is 0 Å². The maximum Gasteiger partial charge on any atom is 0.250 e. The van der Waals surface area contributed by atoms with Crippen LogP contribution < -0.4 is 5.73 Å². The lowest BCUT2D eigenvalue weighted by Crippen LogP contribution is -2.39. The molecule has 5 heteroatoms. The number of pyridine rings is 1. The molecule has 5 nitrogen and oxygen atoms in total. The fraction of sp³-hybridized carbons (Fsp3) is 0.450. The third kappa shape index (κ3) is 2.99. The van der Waals surface area contributed by atoms with Crippen LogP contribution in [-0.2, 0) is 4.79 Å². The molecule has 0 bridgehead atoms. The summed E-state index contributed by atoms with van der Waals surface area (Å²) >= 11 is 0. The number of amides is 2. The summed E-state index contributed by atoms with van der Waals surface area (Å²) in [6.07, 6.45) is 2.69. The lowest BCUT2D eigenvalue weighted by molar-refractivity contribution is -0.133. The Balaban J connectivity index is 1.57. The molecule has 2 heterocycles. The number of rotatable bonds is 3.